The summed E-state index contributed by atoms with van der Waals surface area (Å²) >= 11 is 0. The van der Waals surface area contributed by atoms with Crippen LogP contribution >= 0.6 is 0 Å². The van der Waals surface area contributed by atoms with Crippen molar-refractivity contribution in [3.05, 3.63) is 96.0 Å². The van der Waals surface area contributed by atoms with Crippen molar-refractivity contribution in [1.82, 2.24) is 4.98 Å². The molecule has 2 aromatic heterocycles. The first kappa shape index (κ1) is 15.1. The van der Waals surface area contributed by atoms with Gasteiger partial charge in [-0.3, -0.25) is 9.78 Å². The fraction of sp³-hybridized carbons (Fsp3) is 0.0476. The second kappa shape index (κ2) is 6.61. The van der Waals surface area contributed by atoms with Crippen LogP contribution in [-0.4, -0.2) is 10.9 Å². The SMILES string of the molecule is O=C(Nc1ccc(Cc2ccncc2)cc1)c1cc2ccccc2o1. The number of nitrogens with one attached hydrogen (secondary N) is 1. The highest BCUT2D eigenvalue weighted by atomic mass is 16.3. The number of nitrogens with zero attached hydrogens (tertiary/aromatic N) is 1. The van der Waals surface area contributed by atoms with E-state index in [-0.39, 0.29) is 5.91 Å². The van der Waals surface area contributed by atoms with Crippen LogP contribution in [0.1, 0.15) is 21.7 Å². The number of carbonyl (C=O) groups is 1. The monoisotopic (exact) mass is 328 g/mol. The normalized spacial score (nSPS) is 10.7. The molecule has 0 bridgehead atoms. The first-order chi connectivity index (χ1) is 12.3. The van der Waals surface area contributed by atoms with Gasteiger partial charge in [0.05, 0.1) is 0 Å². The summed E-state index contributed by atoms with van der Waals surface area (Å²) in [6.45, 7) is 0. The highest BCUT2D eigenvalue weighted by molar-refractivity contribution is 6.04. The van der Waals surface area contributed by atoms with Crippen molar-refractivity contribution in [2.24, 2.45) is 0 Å². The third kappa shape index (κ3) is 3.43. The lowest BCUT2D eigenvalue weighted by Gasteiger charge is -2.05. The van der Waals surface area contributed by atoms with E-state index < -0.39 is 0 Å². The quantitative estimate of drug-likeness (QED) is 0.592. The predicted octanol–water partition coefficient (Wildman–Crippen LogP) is 4.67. The smallest absolute Gasteiger partial charge is 0.291 e. The molecule has 0 radical (unpaired) electrons. The first-order valence-corrected chi connectivity index (χ1v) is 8.06. The van der Waals surface area contributed by atoms with Gasteiger partial charge in [-0.05, 0) is 53.9 Å². The number of para-hydroxylation sites is 1. The topological polar surface area (TPSA) is 55.1 Å². The van der Waals surface area contributed by atoms with Crippen LogP contribution in [0.5, 0.6) is 0 Å². The molecule has 0 fully saturated rings. The Morgan fingerprint density at radius 3 is 2.40 bits per heavy atom. The van der Waals surface area contributed by atoms with E-state index in [1.165, 1.54) is 11.1 Å². The van der Waals surface area contributed by atoms with E-state index in [0.29, 0.717) is 11.3 Å². The van der Waals surface area contributed by atoms with Gasteiger partial charge in [0.1, 0.15) is 5.58 Å². The van der Waals surface area contributed by atoms with E-state index in [4.69, 9.17) is 4.42 Å². The van der Waals surface area contributed by atoms with Crippen molar-refractivity contribution < 1.29 is 9.21 Å². The van der Waals surface area contributed by atoms with Crippen molar-refractivity contribution in [1.29, 1.82) is 0 Å². The average molecular weight is 328 g/mol. The number of pyridine rings is 1. The van der Waals surface area contributed by atoms with E-state index >= 15 is 0 Å². The van der Waals surface area contributed by atoms with Gasteiger partial charge in [0.2, 0.25) is 0 Å². The van der Waals surface area contributed by atoms with Crippen LogP contribution in [-0.2, 0) is 6.42 Å². The molecule has 0 aliphatic heterocycles. The van der Waals surface area contributed by atoms with Crippen LogP contribution in [0.4, 0.5) is 5.69 Å². The molecule has 4 rings (SSSR count). The van der Waals surface area contributed by atoms with Gasteiger partial charge in [-0.2, -0.15) is 0 Å². The molecular weight excluding hydrogens is 312 g/mol. The molecule has 1 N–H and O–H groups in total. The fourth-order valence-corrected chi connectivity index (χ4v) is 2.73. The van der Waals surface area contributed by atoms with Crippen molar-refractivity contribution in [3.63, 3.8) is 0 Å². The summed E-state index contributed by atoms with van der Waals surface area (Å²) in [4.78, 5) is 16.4. The molecule has 122 valence electrons. The Hall–Kier alpha value is -3.40. The molecule has 4 nitrogen and oxygen atoms in total. The lowest BCUT2D eigenvalue weighted by atomic mass is 10.1. The summed E-state index contributed by atoms with van der Waals surface area (Å²) in [6, 6.07) is 21.1. The minimum Gasteiger partial charge on any atom is -0.451 e. The third-order valence-corrected chi connectivity index (χ3v) is 4.02. The van der Waals surface area contributed by atoms with Crippen molar-refractivity contribution in [2.75, 3.05) is 5.32 Å². The van der Waals surface area contributed by atoms with Gasteiger partial charge in [0.25, 0.3) is 5.91 Å². The number of aromatic nitrogens is 1. The molecule has 2 aromatic carbocycles. The molecule has 0 aliphatic carbocycles. The van der Waals surface area contributed by atoms with Gasteiger partial charge in [-0.1, -0.05) is 30.3 Å². The molecule has 0 aliphatic rings. The van der Waals surface area contributed by atoms with Gasteiger partial charge >= 0.3 is 0 Å². The second-order valence-electron chi connectivity index (χ2n) is 5.83. The maximum atomic E-state index is 12.3. The highest BCUT2D eigenvalue weighted by Crippen LogP contribution is 2.20. The Morgan fingerprint density at radius 2 is 1.64 bits per heavy atom. The summed E-state index contributed by atoms with van der Waals surface area (Å²) in [5.74, 6) is 0.0557. The standard InChI is InChI=1S/C21H16N2O2/c24-21(20-14-17-3-1-2-4-19(17)25-20)23-18-7-5-15(6-8-18)13-16-9-11-22-12-10-16/h1-12,14H,13H2,(H,23,24). The molecule has 0 atom stereocenters. The Bertz CT molecular complexity index is 972. The zero-order valence-electron chi connectivity index (χ0n) is 13.5. The average Bonchev–Trinajstić information content (AvgIpc) is 3.09. The maximum absolute atomic E-state index is 12.3. The number of carbonyl (C=O) groups excluding carboxylic acids is 1. The van der Waals surface area contributed by atoms with Crippen LogP contribution in [0.2, 0.25) is 0 Å². The number of hydrogen-bond acceptors (Lipinski definition) is 3. The van der Waals surface area contributed by atoms with E-state index in [1.54, 1.807) is 18.5 Å². The predicted molar refractivity (Wildman–Crippen MR) is 97.7 cm³/mol. The lowest BCUT2D eigenvalue weighted by molar-refractivity contribution is 0.0998. The Balaban J connectivity index is 1.46. The van der Waals surface area contributed by atoms with Crippen molar-refractivity contribution in [2.45, 2.75) is 6.42 Å². The molecule has 4 heteroatoms. The van der Waals surface area contributed by atoms with Gasteiger partial charge in [-0.25, -0.2) is 0 Å². The summed E-state index contributed by atoms with van der Waals surface area (Å²) in [5, 5.41) is 3.78. The van der Waals surface area contributed by atoms with Gasteiger partial charge in [0.15, 0.2) is 5.76 Å². The summed E-state index contributed by atoms with van der Waals surface area (Å²) in [5.41, 5.74) is 3.83. The molecular formula is C21H16N2O2. The largest absolute Gasteiger partial charge is 0.451 e. The minimum absolute atomic E-state index is 0.252. The van der Waals surface area contributed by atoms with Gasteiger partial charge in [0, 0.05) is 23.5 Å². The zero-order valence-corrected chi connectivity index (χ0v) is 13.5. The van der Waals surface area contributed by atoms with Gasteiger partial charge in [-0.15, -0.1) is 0 Å². The first-order valence-electron chi connectivity index (χ1n) is 8.06. The summed E-state index contributed by atoms with van der Waals surface area (Å²) in [7, 11) is 0. The number of fused-ring (bicyclic) bond motifs is 1. The zero-order chi connectivity index (χ0) is 17.1. The number of benzene rings is 2. The van der Waals surface area contributed by atoms with Crippen LogP contribution in [0.25, 0.3) is 11.0 Å². The van der Waals surface area contributed by atoms with E-state index in [1.807, 2.05) is 60.7 Å². The Labute approximate surface area is 145 Å². The van der Waals surface area contributed by atoms with Crippen LogP contribution in [0.3, 0.4) is 0 Å². The number of furan rings is 1. The fourth-order valence-electron chi connectivity index (χ4n) is 2.73. The molecule has 0 saturated carbocycles. The summed E-state index contributed by atoms with van der Waals surface area (Å²) < 4.78 is 5.59. The van der Waals surface area contributed by atoms with Crippen LogP contribution in [0.15, 0.2) is 83.5 Å². The number of hydrogen-bond donors (Lipinski definition) is 1. The Kier molecular flexibility index (Phi) is 4.01. The van der Waals surface area contributed by atoms with E-state index in [2.05, 4.69) is 10.3 Å². The maximum Gasteiger partial charge on any atom is 0.291 e. The van der Waals surface area contributed by atoms with Crippen LogP contribution in [0, 0.1) is 0 Å². The number of anilines is 1. The molecule has 0 unspecified atom stereocenters. The number of rotatable bonds is 4. The molecule has 2 heterocycles. The molecule has 4 aromatic rings. The van der Waals surface area contributed by atoms with Crippen molar-refractivity contribution in [3.8, 4) is 0 Å². The van der Waals surface area contributed by atoms with Crippen molar-refractivity contribution >= 4 is 22.6 Å². The molecule has 25 heavy (non-hydrogen) atoms. The molecule has 0 saturated heterocycles. The Morgan fingerprint density at radius 1 is 0.920 bits per heavy atom. The minimum atomic E-state index is -0.252. The second-order valence-corrected chi connectivity index (χ2v) is 5.83. The van der Waals surface area contributed by atoms with Crippen LogP contribution < -0.4 is 5.32 Å². The van der Waals surface area contributed by atoms with Gasteiger partial charge < -0.3 is 9.73 Å². The van der Waals surface area contributed by atoms with E-state index in [9.17, 15) is 4.79 Å². The molecule has 0 spiro atoms. The molecule has 1 amide bonds. The highest BCUT2D eigenvalue weighted by Gasteiger charge is 2.12. The number of amides is 1. The third-order valence-electron chi connectivity index (χ3n) is 4.02. The summed E-state index contributed by atoms with van der Waals surface area (Å²) in [6.07, 6.45) is 4.41. The lowest BCUT2D eigenvalue weighted by Crippen LogP contribution is -2.10. The van der Waals surface area contributed by atoms with E-state index in [0.717, 1.165) is 17.5 Å².